The van der Waals surface area contributed by atoms with Crippen LogP contribution in [0.15, 0.2) is 316 Å². The average molecular weight is 2030 g/mol. The van der Waals surface area contributed by atoms with Gasteiger partial charge in [0.1, 0.15) is 58.5 Å². The molecule has 0 bridgehead atoms. The fraction of sp³-hybridized carbons (Fsp3) is 0.0938. The van der Waals surface area contributed by atoms with E-state index < -0.39 is 117 Å². The van der Waals surface area contributed by atoms with E-state index in [0.29, 0.717) is 24.3 Å². The van der Waals surface area contributed by atoms with Gasteiger partial charge in [0, 0.05) is 57.1 Å². The van der Waals surface area contributed by atoms with Crippen molar-refractivity contribution in [3.05, 3.63) is 342 Å². The summed E-state index contributed by atoms with van der Waals surface area (Å²) in [5, 5.41) is 137. The first-order chi connectivity index (χ1) is 65.7. The number of carbonyl (C=O) groups excluding carboxylic acids is 1. The standard InChI is InChI=1S/C29H23O9P.2C15H11O9P.C15H10O6.C14H14O3P.C6H10.C2H4O2.2Na.H2O/c30-22-12-13-23-25(16-22)37-29(28(33)27(23)32)21-11-14-24(31)26(15-21)38-39(34,35-17-19-7-3-1-4-8-19)36-18-20-9-5-2-6-10-20;2*16-8-2-3-9-11(6-8)23-15(14(19)13(9)18)7-1-4-10(17)12(5-7)24-25(20,21)22;16-8-2-3-9-12(6-8)21-15(14(20)13(9)19)7-1-4-10(17)11(18)5-7;15-18(16-11-13-7-3-1-4-8-13)17-12-14-9-5-2-6-10-14;1-2-4-6-5-3-1;1-2(3)4;;;/h1-16,30-31,33H,17-18H2;2*1-6,16-17,19H,(H2,20,21,22);1-6,16-18,20H;1-10H,11-12H2;1-2H,3-6H2;1H3,(H,3,4);;;1H2/q;;;;+1;;;2*+1;/p-2. The van der Waals surface area contributed by atoms with Gasteiger partial charge in [-0.1, -0.05) is 133 Å². The molecule has 0 amide bonds. The number of rotatable bonds is 22. The molecule has 0 fully saturated rings. The van der Waals surface area contributed by atoms with E-state index in [1.54, 1.807) is 48.5 Å². The predicted octanol–water partition coefficient (Wildman–Crippen LogP) is 10.4. The quantitative estimate of drug-likeness (QED) is 0.0130. The number of hydrogen-bond acceptors (Lipinski definition) is 35. The largest absolute Gasteiger partial charge is 1.00 e. The monoisotopic (exact) mass is 2030 g/mol. The van der Waals surface area contributed by atoms with Crippen molar-refractivity contribution >= 4 is 81.6 Å². The molecule has 0 saturated heterocycles. The Hall–Kier alpha value is -14.1. The van der Waals surface area contributed by atoms with E-state index in [-0.39, 0.29) is 201 Å². The van der Waals surface area contributed by atoms with Crippen LogP contribution in [0.25, 0.3) is 89.2 Å². The molecule has 18 N–H and O–H groups in total. The number of allylic oxidation sites excluding steroid dienone is 2. The minimum absolute atomic E-state index is 0. The van der Waals surface area contributed by atoms with Crippen LogP contribution in [-0.2, 0) is 67.6 Å². The van der Waals surface area contributed by atoms with Crippen molar-refractivity contribution in [3.63, 3.8) is 0 Å². The van der Waals surface area contributed by atoms with Crippen LogP contribution < -0.4 is 104 Å². The van der Waals surface area contributed by atoms with Gasteiger partial charge in [0.05, 0.1) is 34.8 Å². The Balaban J connectivity index is 0.000000214. The second-order valence-corrected chi connectivity index (χ2v) is 33.9. The van der Waals surface area contributed by atoms with Crippen LogP contribution in [0, 0.1) is 0 Å². The predicted molar refractivity (Wildman–Crippen MR) is 499 cm³/mol. The Kier molecular flexibility index (Phi) is 41.2. The Morgan fingerprint density at radius 1 is 0.355 bits per heavy atom. The first-order valence-corrected chi connectivity index (χ1v) is 46.0. The summed E-state index contributed by atoms with van der Waals surface area (Å²) >= 11 is 0. The van der Waals surface area contributed by atoms with Gasteiger partial charge in [-0.25, -0.2) is 9.13 Å². The van der Waals surface area contributed by atoms with E-state index in [4.69, 9.17) is 64.9 Å². The fourth-order valence-electron chi connectivity index (χ4n) is 12.4. The topological polar surface area (TPSA) is 672 Å². The minimum atomic E-state index is -5.19. The SMILES string of the molecule is C1=CCCCC1.CC(=O)[O-].O.O=[P+](OCc1ccccc1)OCc1ccccc1.O=c1c(O)c(-c2ccc(O)c(O)c2)oc2cc(O)ccc12.O=c1c(O)c(-c2ccc(O)c(OP(=O)(O)O)c2)oc2cc(O)ccc12.O=c1c(O)c(-c2ccc(O)c(OP(=O)(OCc3ccccc3)OCc3ccccc3)c2)oc2cc(O)ccc12.O=c1c(O)c(-c2ccc(O)c(OP(=O)([O-])O)c2)oc2cc(O)ccc12.[Na+].[Na+]. The third-order valence-corrected chi connectivity index (χ3v) is 21.8. The van der Waals surface area contributed by atoms with Crippen LogP contribution in [0.3, 0.4) is 0 Å². The zero-order chi connectivity index (χ0) is 99.7. The number of phosphoric ester groups is 3. The first-order valence-electron chi connectivity index (χ1n) is 40.4. The van der Waals surface area contributed by atoms with Crippen LogP contribution in [0.4, 0.5) is 0 Å². The molecule has 0 saturated carbocycles. The van der Waals surface area contributed by atoms with E-state index in [2.05, 4.69) is 21.2 Å². The Morgan fingerprint density at radius 3 is 0.879 bits per heavy atom. The van der Waals surface area contributed by atoms with Gasteiger partial charge < -0.3 is 123 Å². The van der Waals surface area contributed by atoms with Crippen LogP contribution >= 0.6 is 31.7 Å². The first kappa shape index (κ1) is 112. The zero-order valence-corrected chi connectivity index (χ0v) is 81.7. The summed E-state index contributed by atoms with van der Waals surface area (Å²) < 4.78 is 105. The molecule has 1 unspecified atom stereocenters. The molecule has 45 heteroatoms. The molecule has 4 heterocycles. The third kappa shape index (κ3) is 32.2. The van der Waals surface area contributed by atoms with Crippen molar-refractivity contribution in [1.82, 2.24) is 0 Å². The van der Waals surface area contributed by atoms with Crippen molar-refractivity contribution in [2.45, 2.75) is 59.0 Å². The van der Waals surface area contributed by atoms with Gasteiger partial charge in [-0.05, 0) is 176 Å². The van der Waals surface area contributed by atoms with Crippen molar-refractivity contribution in [2.24, 2.45) is 0 Å². The van der Waals surface area contributed by atoms with E-state index in [1.807, 2.05) is 72.8 Å². The van der Waals surface area contributed by atoms with Gasteiger partial charge in [0.25, 0.3) is 0 Å². The molecule has 141 heavy (non-hydrogen) atoms. The Bertz CT molecular complexity index is 7250. The summed E-state index contributed by atoms with van der Waals surface area (Å²) in [4.78, 5) is 95.4. The van der Waals surface area contributed by atoms with Crippen molar-refractivity contribution in [2.75, 3.05) is 0 Å². The molecule has 1 atom stereocenters. The second-order valence-electron chi connectivity index (χ2n) is 29.1. The summed E-state index contributed by atoms with van der Waals surface area (Å²) in [5.74, 6) is -9.31. The Labute approximate surface area is 841 Å². The molecule has 1 aliphatic carbocycles. The van der Waals surface area contributed by atoms with Gasteiger partial charge in [0.15, 0.2) is 69.0 Å². The number of aliphatic carboxylic acids is 1. The van der Waals surface area contributed by atoms with Crippen LogP contribution in [0.5, 0.6) is 92.0 Å². The molecular formula is C96H83Na2O39P4+. The maximum absolute atomic E-state index is 13.7. The maximum Gasteiger partial charge on any atom is 1.00 e. The van der Waals surface area contributed by atoms with E-state index >= 15 is 0 Å². The fourth-order valence-corrected chi connectivity index (χ4v) is 15.0. The molecule has 16 aromatic rings. The number of hydrogen-bond donors (Lipinski definition) is 16. The number of carbonyl (C=O) groups is 1. The molecule has 1 aliphatic rings. The number of phosphoric acid groups is 3. The smallest absolute Gasteiger partial charge is 0.746 e. The van der Waals surface area contributed by atoms with Crippen LogP contribution in [0.1, 0.15) is 54.9 Å². The number of aromatic hydroxyl groups is 13. The zero-order valence-electron chi connectivity index (χ0n) is 74.1. The molecule has 0 aliphatic heterocycles. The maximum atomic E-state index is 13.7. The Morgan fingerprint density at radius 2 is 0.617 bits per heavy atom. The number of phenolic OH excluding ortho intramolecular Hbond substituents is 9. The van der Waals surface area contributed by atoms with Crippen LogP contribution in [-0.4, -0.2) is 92.5 Å². The number of carboxylic acid groups (broad SMARTS) is 1. The molecule has 17 rings (SSSR count). The summed E-state index contributed by atoms with van der Waals surface area (Å²) in [7, 11) is -16.5. The number of phenols is 9. The molecule has 0 spiro atoms. The molecular weight excluding hydrogens is 1950 g/mol. The molecule has 39 nitrogen and oxygen atoms in total. The molecule has 4 aromatic heterocycles. The third-order valence-electron chi connectivity index (χ3n) is 18.9. The summed E-state index contributed by atoms with van der Waals surface area (Å²) in [6.45, 7) is 1.37. The van der Waals surface area contributed by atoms with E-state index in [9.17, 15) is 109 Å². The van der Waals surface area contributed by atoms with E-state index in [1.165, 1.54) is 135 Å². The summed E-state index contributed by atoms with van der Waals surface area (Å²) in [6.07, 6.45) is 10.0. The van der Waals surface area contributed by atoms with Gasteiger partial charge in [-0.15, -0.1) is 9.05 Å². The summed E-state index contributed by atoms with van der Waals surface area (Å²) in [6, 6.07) is 66.3. The van der Waals surface area contributed by atoms with Crippen molar-refractivity contribution in [1.29, 1.82) is 0 Å². The van der Waals surface area contributed by atoms with E-state index in [0.717, 1.165) is 54.4 Å². The summed E-state index contributed by atoms with van der Waals surface area (Å²) in [5.41, 5.74) is 0.914. The molecule has 0 radical (unpaired) electrons. The normalized spacial score (nSPS) is 11.6. The van der Waals surface area contributed by atoms with Gasteiger partial charge >= 0.3 is 90.8 Å². The molecule has 12 aromatic carbocycles. The second kappa shape index (κ2) is 51.7. The van der Waals surface area contributed by atoms with Gasteiger partial charge in [-0.3, -0.25) is 42.6 Å². The average Bonchev–Trinajstić information content (AvgIpc) is 0.774. The van der Waals surface area contributed by atoms with Gasteiger partial charge in [-0.2, -0.15) is 0 Å². The number of carboxylic acids is 1. The number of benzene rings is 12. The molecule has 722 valence electrons. The number of fused-ring (bicyclic) bond motifs is 4. The van der Waals surface area contributed by atoms with Crippen molar-refractivity contribution < 1.29 is 228 Å². The van der Waals surface area contributed by atoms with Crippen LogP contribution in [0.2, 0.25) is 0 Å². The van der Waals surface area contributed by atoms with Gasteiger partial charge in [0.2, 0.25) is 44.7 Å². The van der Waals surface area contributed by atoms with Crippen molar-refractivity contribution in [3.8, 4) is 137 Å². The minimum Gasteiger partial charge on any atom is -0.746 e.